The normalized spacial score (nSPS) is 34.4. The first-order valence-corrected chi connectivity index (χ1v) is 7.23. The summed E-state index contributed by atoms with van der Waals surface area (Å²) in [4.78, 5) is 13.9. The highest BCUT2D eigenvalue weighted by Gasteiger charge is 2.29. The molecule has 1 amide bonds. The number of carbonyl (C=O) groups is 1. The Morgan fingerprint density at radius 3 is 2.59 bits per heavy atom. The molecule has 0 bridgehead atoms. The molecule has 0 aromatic heterocycles. The first kappa shape index (κ1) is 12.9. The minimum atomic E-state index is 0.0846. The molecule has 2 rings (SSSR count). The minimum absolute atomic E-state index is 0.0846. The van der Waals surface area contributed by atoms with Crippen LogP contribution in [-0.4, -0.2) is 30.1 Å². The van der Waals surface area contributed by atoms with Crippen LogP contribution in [0.15, 0.2) is 0 Å². The monoisotopic (exact) mass is 238 g/mol. The molecule has 0 aromatic rings. The zero-order chi connectivity index (χ0) is 12.3. The smallest absolute Gasteiger partial charge is 0.240 e. The SMILES string of the molecule is CCC1NCN(CCC2CCC(C)CC2)C1=O. The molecule has 2 fully saturated rings. The fraction of sp³-hybridized carbons (Fsp3) is 0.929. The van der Waals surface area contributed by atoms with Gasteiger partial charge in [-0.15, -0.1) is 0 Å². The van der Waals surface area contributed by atoms with Crippen LogP contribution in [0.1, 0.15) is 52.4 Å². The summed E-state index contributed by atoms with van der Waals surface area (Å²) in [5.74, 6) is 2.10. The van der Waals surface area contributed by atoms with Crippen molar-refractivity contribution in [3.8, 4) is 0 Å². The standard InChI is InChI=1S/C14H26N2O/c1-3-13-14(17)16(10-15-13)9-8-12-6-4-11(2)5-7-12/h11-13,15H,3-10H2,1-2H3. The third-order valence-electron chi connectivity index (χ3n) is 4.49. The van der Waals surface area contributed by atoms with Gasteiger partial charge in [0, 0.05) is 6.54 Å². The van der Waals surface area contributed by atoms with Gasteiger partial charge >= 0.3 is 0 Å². The highest BCUT2D eigenvalue weighted by atomic mass is 16.2. The zero-order valence-electron chi connectivity index (χ0n) is 11.2. The van der Waals surface area contributed by atoms with Gasteiger partial charge in [-0.05, 0) is 24.7 Å². The van der Waals surface area contributed by atoms with E-state index in [2.05, 4.69) is 19.2 Å². The quantitative estimate of drug-likeness (QED) is 0.815. The summed E-state index contributed by atoms with van der Waals surface area (Å²) in [5, 5.41) is 3.28. The Morgan fingerprint density at radius 2 is 2.00 bits per heavy atom. The van der Waals surface area contributed by atoms with E-state index in [9.17, 15) is 4.79 Å². The Morgan fingerprint density at radius 1 is 1.29 bits per heavy atom. The first-order valence-electron chi connectivity index (χ1n) is 7.23. The van der Waals surface area contributed by atoms with Crippen molar-refractivity contribution >= 4 is 5.91 Å². The summed E-state index contributed by atoms with van der Waals surface area (Å²) in [6, 6.07) is 0.0846. The van der Waals surface area contributed by atoms with Crippen LogP contribution in [0.25, 0.3) is 0 Å². The van der Waals surface area contributed by atoms with Gasteiger partial charge in [-0.25, -0.2) is 0 Å². The van der Waals surface area contributed by atoms with Gasteiger partial charge in [0.1, 0.15) is 0 Å². The highest BCUT2D eigenvalue weighted by Crippen LogP contribution is 2.30. The molecule has 1 atom stereocenters. The second-order valence-electron chi connectivity index (χ2n) is 5.84. The van der Waals surface area contributed by atoms with Crippen molar-refractivity contribution in [2.45, 2.75) is 58.4 Å². The van der Waals surface area contributed by atoms with Gasteiger partial charge in [-0.2, -0.15) is 0 Å². The first-order chi connectivity index (χ1) is 8.20. The van der Waals surface area contributed by atoms with E-state index in [1.54, 1.807) is 0 Å². The van der Waals surface area contributed by atoms with Gasteiger partial charge in [0.05, 0.1) is 12.7 Å². The summed E-state index contributed by atoms with van der Waals surface area (Å²) >= 11 is 0. The average Bonchev–Trinajstić information content (AvgIpc) is 2.69. The molecule has 3 nitrogen and oxygen atoms in total. The number of rotatable bonds is 4. The molecule has 0 radical (unpaired) electrons. The van der Waals surface area contributed by atoms with E-state index in [4.69, 9.17) is 0 Å². The number of nitrogens with one attached hydrogen (secondary N) is 1. The van der Waals surface area contributed by atoms with Crippen molar-refractivity contribution in [1.29, 1.82) is 0 Å². The van der Waals surface area contributed by atoms with Crippen molar-refractivity contribution in [3.63, 3.8) is 0 Å². The summed E-state index contributed by atoms with van der Waals surface area (Å²) in [7, 11) is 0. The maximum Gasteiger partial charge on any atom is 0.240 e. The van der Waals surface area contributed by atoms with E-state index in [-0.39, 0.29) is 6.04 Å². The highest BCUT2D eigenvalue weighted by molar-refractivity contribution is 5.83. The van der Waals surface area contributed by atoms with E-state index in [0.717, 1.165) is 31.5 Å². The third kappa shape index (κ3) is 3.21. The molecule has 1 saturated carbocycles. The van der Waals surface area contributed by atoms with Gasteiger partial charge in [-0.3, -0.25) is 10.1 Å². The number of carbonyl (C=O) groups excluding carboxylic acids is 1. The Bertz CT molecular complexity index is 259. The molecular weight excluding hydrogens is 212 g/mol. The number of nitrogens with zero attached hydrogens (tertiary/aromatic N) is 1. The lowest BCUT2D eigenvalue weighted by atomic mass is 9.81. The molecule has 0 aromatic carbocycles. The fourth-order valence-electron chi connectivity index (χ4n) is 3.07. The third-order valence-corrected chi connectivity index (χ3v) is 4.49. The van der Waals surface area contributed by atoms with Crippen LogP contribution in [0.4, 0.5) is 0 Å². The molecule has 1 aliphatic heterocycles. The van der Waals surface area contributed by atoms with Gasteiger partial charge in [0.2, 0.25) is 5.91 Å². The summed E-state index contributed by atoms with van der Waals surface area (Å²) in [6.07, 6.45) is 7.62. The van der Waals surface area contributed by atoms with Crippen molar-refractivity contribution in [1.82, 2.24) is 10.2 Å². The van der Waals surface area contributed by atoms with Crippen LogP contribution in [-0.2, 0) is 4.79 Å². The molecule has 1 aliphatic carbocycles. The maximum absolute atomic E-state index is 11.9. The largest absolute Gasteiger partial charge is 0.329 e. The number of hydrogen-bond acceptors (Lipinski definition) is 2. The predicted molar refractivity (Wildman–Crippen MR) is 69.5 cm³/mol. The molecule has 2 aliphatic rings. The van der Waals surface area contributed by atoms with Crippen LogP contribution in [0.5, 0.6) is 0 Å². The molecule has 98 valence electrons. The Hall–Kier alpha value is -0.570. The Labute approximate surface area is 105 Å². The van der Waals surface area contributed by atoms with Crippen molar-refractivity contribution in [3.05, 3.63) is 0 Å². The molecule has 1 unspecified atom stereocenters. The minimum Gasteiger partial charge on any atom is -0.329 e. The van der Waals surface area contributed by atoms with E-state index < -0.39 is 0 Å². The second kappa shape index (κ2) is 5.85. The van der Waals surface area contributed by atoms with E-state index in [0.29, 0.717) is 5.91 Å². The van der Waals surface area contributed by atoms with Gasteiger partial charge in [-0.1, -0.05) is 39.5 Å². The van der Waals surface area contributed by atoms with Crippen LogP contribution in [0, 0.1) is 11.8 Å². The van der Waals surface area contributed by atoms with Crippen LogP contribution in [0.3, 0.4) is 0 Å². The van der Waals surface area contributed by atoms with E-state index in [1.807, 2.05) is 4.90 Å². The lowest BCUT2D eigenvalue weighted by molar-refractivity contribution is -0.129. The van der Waals surface area contributed by atoms with Gasteiger partial charge in [0.25, 0.3) is 0 Å². The lowest BCUT2D eigenvalue weighted by Crippen LogP contribution is -2.31. The van der Waals surface area contributed by atoms with Crippen molar-refractivity contribution < 1.29 is 4.79 Å². The summed E-state index contributed by atoms with van der Waals surface area (Å²) in [5.41, 5.74) is 0. The number of hydrogen-bond donors (Lipinski definition) is 1. The molecule has 17 heavy (non-hydrogen) atoms. The molecule has 1 heterocycles. The molecule has 1 saturated heterocycles. The van der Waals surface area contributed by atoms with E-state index in [1.165, 1.54) is 32.1 Å². The van der Waals surface area contributed by atoms with Crippen LogP contribution >= 0.6 is 0 Å². The Balaban J connectivity index is 1.70. The van der Waals surface area contributed by atoms with Crippen LogP contribution in [0.2, 0.25) is 0 Å². The van der Waals surface area contributed by atoms with Crippen molar-refractivity contribution in [2.24, 2.45) is 11.8 Å². The Kier molecular flexibility index (Phi) is 4.43. The lowest BCUT2D eigenvalue weighted by Gasteiger charge is -2.27. The van der Waals surface area contributed by atoms with E-state index >= 15 is 0 Å². The van der Waals surface area contributed by atoms with Crippen LogP contribution < -0.4 is 5.32 Å². The zero-order valence-corrected chi connectivity index (χ0v) is 11.2. The summed E-state index contributed by atoms with van der Waals surface area (Å²) in [6.45, 7) is 6.15. The molecule has 1 N–H and O–H groups in total. The molecule has 0 spiro atoms. The van der Waals surface area contributed by atoms with Gasteiger partial charge in [0.15, 0.2) is 0 Å². The van der Waals surface area contributed by atoms with Crippen molar-refractivity contribution in [2.75, 3.05) is 13.2 Å². The fourth-order valence-corrected chi connectivity index (χ4v) is 3.07. The topological polar surface area (TPSA) is 32.3 Å². The second-order valence-corrected chi connectivity index (χ2v) is 5.84. The molecular formula is C14H26N2O. The maximum atomic E-state index is 11.9. The average molecular weight is 238 g/mol. The summed E-state index contributed by atoms with van der Waals surface area (Å²) < 4.78 is 0. The van der Waals surface area contributed by atoms with Gasteiger partial charge < -0.3 is 4.90 Å². The number of amides is 1. The molecule has 3 heteroatoms. The predicted octanol–water partition coefficient (Wildman–Crippen LogP) is 2.37.